The number of carbonyl (C=O) groups is 1. The Morgan fingerprint density at radius 2 is 1.74 bits per heavy atom. The van der Waals surface area contributed by atoms with Crippen molar-refractivity contribution in [1.29, 1.82) is 0 Å². The summed E-state index contributed by atoms with van der Waals surface area (Å²) in [6.07, 6.45) is 3.00. The van der Waals surface area contributed by atoms with Crippen molar-refractivity contribution < 1.29 is 4.79 Å². The Labute approximate surface area is 139 Å². The van der Waals surface area contributed by atoms with E-state index in [9.17, 15) is 4.79 Å². The van der Waals surface area contributed by atoms with Crippen molar-refractivity contribution in [2.45, 2.75) is 58.2 Å². The molecule has 2 aliphatic heterocycles. The van der Waals surface area contributed by atoms with E-state index in [4.69, 9.17) is 0 Å². The summed E-state index contributed by atoms with van der Waals surface area (Å²) in [5.74, 6) is 0.242. The molecular formula is C19H29N3O. The third-order valence-electron chi connectivity index (χ3n) is 5.20. The first kappa shape index (κ1) is 16.5. The Kier molecular flexibility index (Phi) is 5.02. The summed E-state index contributed by atoms with van der Waals surface area (Å²) in [6, 6.07) is 9.74. The minimum atomic E-state index is 0.242. The number of rotatable bonds is 4. The van der Waals surface area contributed by atoms with E-state index >= 15 is 0 Å². The van der Waals surface area contributed by atoms with E-state index in [1.54, 1.807) is 0 Å². The molecule has 0 saturated carbocycles. The van der Waals surface area contributed by atoms with Crippen LogP contribution in [0, 0.1) is 6.92 Å². The fraction of sp³-hybridized carbons (Fsp3) is 0.632. The number of carbonyl (C=O) groups excluding carboxylic acids is 1. The van der Waals surface area contributed by atoms with Crippen LogP contribution >= 0.6 is 0 Å². The molecule has 2 aliphatic rings. The number of hydrogen-bond acceptors (Lipinski definition) is 3. The van der Waals surface area contributed by atoms with Gasteiger partial charge in [-0.3, -0.25) is 4.79 Å². The lowest BCUT2D eigenvalue weighted by atomic mass is 10.0. The maximum absolute atomic E-state index is 12.3. The van der Waals surface area contributed by atoms with E-state index in [2.05, 4.69) is 55.3 Å². The summed E-state index contributed by atoms with van der Waals surface area (Å²) < 4.78 is 0. The highest BCUT2D eigenvalue weighted by molar-refractivity contribution is 5.96. The van der Waals surface area contributed by atoms with Crippen molar-refractivity contribution in [2.75, 3.05) is 24.5 Å². The second-order valence-electron chi connectivity index (χ2n) is 7.31. The van der Waals surface area contributed by atoms with Crippen molar-refractivity contribution >= 4 is 11.6 Å². The molecule has 0 aliphatic carbocycles. The summed E-state index contributed by atoms with van der Waals surface area (Å²) in [7, 11) is 0. The first-order valence-electron chi connectivity index (χ1n) is 8.90. The minimum Gasteiger partial charge on any atom is -0.311 e. The van der Waals surface area contributed by atoms with Crippen molar-refractivity contribution in [3.8, 4) is 0 Å². The molecule has 126 valence electrons. The minimum absolute atomic E-state index is 0.242. The molecule has 4 heteroatoms. The second-order valence-corrected chi connectivity index (χ2v) is 7.31. The maximum atomic E-state index is 12.3. The predicted molar refractivity (Wildman–Crippen MR) is 94.8 cm³/mol. The number of likely N-dealkylation sites (tertiary alicyclic amines) is 1. The van der Waals surface area contributed by atoms with Gasteiger partial charge in [0.05, 0.1) is 0 Å². The molecule has 0 radical (unpaired) electrons. The summed E-state index contributed by atoms with van der Waals surface area (Å²) >= 11 is 0. The zero-order chi connectivity index (χ0) is 16.4. The van der Waals surface area contributed by atoms with Crippen molar-refractivity contribution in [2.24, 2.45) is 0 Å². The fourth-order valence-corrected chi connectivity index (χ4v) is 3.71. The molecule has 4 nitrogen and oxygen atoms in total. The van der Waals surface area contributed by atoms with Gasteiger partial charge in [-0.1, -0.05) is 17.7 Å². The van der Waals surface area contributed by atoms with Crippen LogP contribution in [0.3, 0.4) is 0 Å². The largest absolute Gasteiger partial charge is 0.311 e. The number of benzene rings is 1. The van der Waals surface area contributed by atoms with Crippen molar-refractivity contribution in [3.63, 3.8) is 0 Å². The lowest BCUT2D eigenvalue weighted by Crippen LogP contribution is -2.48. The van der Waals surface area contributed by atoms with Gasteiger partial charge in [-0.25, -0.2) is 0 Å². The maximum Gasteiger partial charge on any atom is 0.228 e. The van der Waals surface area contributed by atoms with E-state index < -0.39 is 0 Å². The van der Waals surface area contributed by atoms with Gasteiger partial charge in [-0.15, -0.1) is 0 Å². The molecule has 0 aromatic heterocycles. The molecule has 1 unspecified atom stereocenters. The Morgan fingerprint density at radius 1 is 1.09 bits per heavy atom. The molecule has 0 bridgehead atoms. The molecule has 1 aromatic rings. The molecule has 3 rings (SSSR count). The summed E-state index contributed by atoms with van der Waals surface area (Å²) in [6.45, 7) is 9.73. The Balaban J connectivity index is 1.53. The SMILES string of the molecule is Cc1ccc(N2CC(NC3CCN(C(C)C)CC3)CC2=O)cc1. The number of anilines is 1. The van der Waals surface area contributed by atoms with E-state index in [1.807, 2.05) is 4.90 Å². The number of amides is 1. The van der Waals surface area contributed by atoms with Crippen LogP contribution in [0.15, 0.2) is 24.3 Å². The monoisotopic (exact) mass is 315 g/mol. The van der Waals surface area contributed by atoms with Crippen LogP contribution in [-0.4, -0.2) is 48.6 Å². The molecule has 2 fully saturated rings. The van der Waals surface area contributed by atoms with Gasteiger partial charge in [0, 0.05) is 36.8 Å². The fourth-order valence-electron chi connectivity index (χ4n) is 3.71. The number of aryl methyl sites for hydroxylation is 1. The van der Waals surface area contributed by atoms with Gasteiger partial charge in [-0.2, -0.15) is 0 Å². The second kappa shape index (κ2) is 7.02. The molecule has 1 atom stereocenters. The average Bonchev–Trinajstić information content (AvgIpc) is 2.89. The van der Waals surface area contributed by atoms with Crippen LogP contribution in [0.4, 0.5) is 5.69 Å². The lowest BCUT2D eigenvalue weighted by Gasteiger charge is -2.36. The highest BCUT2D eigenvalue weighted by Crippen LogP contribution is 2.23. The number of hydrogen-bond donors (Lipinski definition) is 1. The van der Waals surface area contributed by atoms with Gasteiger partial charge < -0.3 is 15.1 Å². The Bertz CT molecular complexity index is 532. The molecule has 1 N–H and O–H groups in total. The van der Waals surface area contributed by atoms with Gasteiger partial charge in [0.1, 0.15) is 0 Å². The van der Waals surface area contributed by atoms with E-state index in [1.165, 1.54) is 18.4 Å². The van der Waals surface area contributed by atoms with Gasteiger partial charge in [0.15, 0.2) is 0 Å². The Hall–Kier alpha value is -1.39. The van der Waals surface area contributed by atoms with Crippen LogP contribution in [0.5, 0.6) is 0 Å². The highest BCUT2D eigenvalue weighted by atomic mass is 16.2. The number of piperidine rings is 1. The van der Waals surface area contributed by atoms with Gasteiger partial charge in [-0.05, 0) is 58.8 Å². The van der Waals surface area contributed by atoms with Crippen molar-refractivity contribution in [3.05, 3.63) is 29.8 Å². The van der Waals surface area contributed by atoms with Gasteiger partial charge in [0.2, 0.25) is 5.91 Å². The third kappa shape index (κ3) is 3.93. The standard InChI is InChI=1S/C19H29N3O/c1-14(2)21-10-8-16(9-11-21)20-17-12-19(23)22(13-17)18-6-4-15(3)5-7-18/h4-7,14,16-17,20H,8-13H2,1-3H3. The smallest absolute Gasteiger partial charge is 0.228 e. The van der Waals surface area contributed by atoms with Crippen LogP contribution in [0.1, 0.15) is 38.7 Å². The zero-order valence-electron chi connectivity index (χ0n) is 14.6. The third-order valence-corrected chi connectivity index (χ3v) is 5.20. The van der Waals surface area contributed by atoms with E-state index in [-0.39, 0.29) is 5.91 Å². The molecule has 2 heterocycles. The van der Waals surface area contributed by atoms with Crippen LogP contribution in [0.2, 0.25) is 0 Å². The number of nitrogens with one attached hydrogen (secondary N) is 1. The summed E-state index contributed by atoms with van der Waals surface area (Å²) in [5, 5.41) is 3.73. The quantitative estimate of drug-likeness (QED) is 0.927. The topological polar surface area (TPSA) is 35.6 Å². The molecule has 1 amide bonds. The molecule has 0 spiro atoms. The van der Waals surface area contributed by atoms with Gasteiger partial charge in [0.25, 0.3) is 0 Å². The predicted octanol–water partition coefficient (Wildman–Crippen LogP) is 2.56. The zero-order valence-corrected chi connectivity index (χ0v) is 14.6. The first-order chi connectivity index (χ1) is 11.0. The lowest BCUT2D eigenvalue weighted by molar-refractivity contribution is -0.117. The van der Waals surface area contributed by atoms with Crippen molar-refractivity contribution in [1.82, 2.24) is 10.2 Å². The summed E-state index contributed by atoms with van der Waals surface area (Å²) in [5.41, 5.74) is 2.26. The van der Waals surface area contributed by atoms with Gasteiger partial charge >= 0.3 is 0 Å². The van der Waals surface area contributed by atoms with Crippen LogP contribution < -0.4 is 10.2 Å². The van der Waals surface area contributed by atoms with Crippen LogP contribution in [-0.2, 0) is 4.79 Å². The Morgan fingerprint density at radius 3 is 2.35 bits per heavy atom. The molecular weight excluding hydrogens is 286 g/mol. The average molecular weight is 315 g/mol. The number of nitrogens with zero attached hydrogens (tertiary/aromatic N) is 2. The normalized spacial score (nSPS) is 23.9. The van der Waals surface area contributed by atoms with E-state index in [0.29, 0.717) is 24.5 Å². The molecule has 1 aromatic carbocycles. The highest BCUT2D eigenvalue weighted by Gasteiger charge is 2.32. The molecule has 2 saturated heterocycles. The molecule has 23 heavy (non-hydrogen) atoms. The van der Waals surface area contributed by atoms with Crippen LogP contribution in [0.25, 0.3) is 0 Å². The van der Waals surface area contributed by atoms with E-state index in [0.717, 1.165) is 25.3 Å². The first-order valence-corrected chi connectivity index (χ1v) is 8.90. The summed E-state index contributed by atoms with van der Waals surface area (Å²) in [4.78, 5) is 16.8.